The number of aryl methyl sites for hydroxylation is 1. The average Bonchev–Trinajstić information content (AvgIpc) is 2.59. The van der Waals surface area contributed by atoms with Crippen LogP contribution < -0.4 is 10.2 Å². The number of hydrogen-bond acceptors (Lipinski definition) is 5. The smallest absolute Gasteiger partial charge is 0.141 e. The van der Waals surface area contributed by atoms with Crippen molar-refractivity contribution in [1.29, 1.82) is 0 Å². The Hall–Kier alpha value is -1.98. The van der Waals surface area contributed by atoms with Crippen molar-refractivity contribution in [3.63, 3.8) is 0 Å². The maximum atomic E-state index is 10.3. The summed E-state index contributed by atoms with van der Waals surface area (Å²) in [6, 6.07) is 7.52. The van der Waals surface area contributed by atoms with Crippen LogP contribution >= 0.6 is 11.6 Å². The van der Waals surface area contributed by atoms with E-state index in [4.69, 9.17) is 16.3 Å². The van der Waals surface area contributed by atoms with Crippen LogP contribution in [0.4, 0.5) is 17.2 Å². The minimum absolute atomic E-state index is 0.198. The van der Waals surface area contributed by atoms with Crippen LogP contribution in [-0.4, -0.2) is 36.4 Å². The molecule has 6 heteroatoms. The van der Waals surface area contributed by atoms with Crippen molar-refractivity contribution in [3.05, 3.63) is 41.0 Å². The number of phenolic OH excluding ortho intramolecular Hbond substituents is 1. The van der Waals surface area contributed by atoms with Crippen LogP contribution in [-0.2, 0) is 11.2 Å². The summed E-state index contributed by atoms with van der Waals surface area (Å²) in [5.74, 6) is 0.865. The molecule has 122 valence electrons. The number of aromatic hydroxyl groups is 1. The van der Waals surface area contributed by atoms with Crippen molar-refractivity contribution in [1.82, 2.24) is 4.98 Å². The van der Waals surface area contributed by atoms with Crippen LogP contribution in [0.1, 0.15) is 12.5 Å². The van der Waals surface area contributed by atoms with E-state index in [1.165, 1.54) is 0 Å². The molecule has 2 aromatic rings. The van der Waals surface area contributed by atoms with E-state index in [0.29, 0.717) is 16.5 Å². The third-order valence-electron chi connectivity index (χ3n) is 3.94. The molecule has 1 aliphatic rings. The second-order valence-corrected chi connectivity index (χ2v) is 5.85. The van der Waals surface area contributed by atoms with E-state index >= 15 is 0 Å². The Morgan fingerprint density at radius 2 is 2.09 bits per heavy atom. The standard InChI is InChI=1S/C17H20ClN3O2/c1-2-12-9-17(19-11-14(12)18)20-15-4-3-13(10-16(15)22)21-5-7-23-8-6-21/h3-4,9-11,22H,2,5-8H2,1H3,(H,19,20). The van der Waals surface area contributed by atoms with Gasteiger partial charge in [-0.05, 0) is 30.2 Å². The SMILES string of the molecule is CCc1cc(Nc2ccc(N3CCOCC3)cc2O)ncc1Cl. The van der Waals surface area contributed by atoms with Gasteiger partial charge in [0.25, 0.3) is 0 Å². The predicted molar refractivity (Wildman–Crippen MR) is 93.0 cm³/mol. The van der Waals surface area contributed by atoms with Gasteiger partial charge in [-0.25, -0.2) is 4.98 Å². The van der Waals surface area contributed by atoms with Crippen LogP contribution in [0.25, 0.3) is 0 Å². The fourth-order valence-corrected chi connectivity index (χ4v) is 2.84. The van der Waals surface area contributed by atoms with Gasteiger partial charge in [0.05, 0.1) is 23.9 Å². The maximum absolute atomic E-state index is 10.3. The molecule has 0 spiro atoms. The van der Waals surface area contributed by atoms with Gasteiger partial charge < -0.3 is 20.1 Å². The molecule has 2 heterocycles. The lowest BCUT2D eigenvalue weighted by molar-refractivity contribution is 0.122. The highest BCUT2D eigenvalue weighted by atomic mass is 35.5. The van der Waals surface area contributed by atoms with Crippen LogP contribution in [0.2, 0.25) is 5.02 Å². The maximum Gasteiger partial charge on any atom is 0.141 e. The normalized spacial score (nSPS) is 14.8. The van der Waals surface area contributed by atoms with E-state index in [9.17, 15) is 5.11 Å². The van der Waals surface area contributed by atoms with Crippen molar-refractivity contribution in [2.75, 3.05) is 36.5 Å². The molecule has 3 rings (SSSR count). The van der Waals surface area contributed by atoms with E-state index in [1.807, 2.05) is 25.1 Å². The van der Waals surface area contributed by atoms with Gasteiger partial charge in [-0.3, -0.25) is 0 Å². The molecule has 0 bridgehead atoms. The minimum Gasteiger partial charge on any atom is -0.506 e. The largest absolute Gasteiger partial charge is 0.506 e. The van der Waals surface area contributed by atoms with E-state index in [-0.39, 0.29) is 5.75 Å². The second-order valence-electron chi connectivity index (χ2n) is 5.44. The number of nitrogens with one attached hydrogen (secondary N) is 1. The van der Waals surface area contributed by atoms with Crippen LogP contribution in [0, 0.1) is 0 Å². The summed E-state index contributed by atoms with van der Waals surface area (Å²) in [6.07, 6.45) is 2.46. The first-order chi connectivity index (χ1) is 11.2. The highest BCUT2D eigenvalue weighted by Crippen LogP contribution is 2.31. The molecule has 1 aliphatic heterocycles. The highest BCUT2D eigenvalue weighted by Gasteiger charge is 2.13. The lowest BCUT2D eigenvalue weighted by Gasteiger charge is -2.29. The number of anilines is 3. The van der Waals surface area contributed by atoms with Crippen LogP contribution in [0.3, 0.4) is 0 Å². The van der Waals surface area contributed by atoms with Crippen molar-refractivity contribution in [2.45, 2.75) is 13.3 Å². The highest BCUT2D eigenvalue weighted by molar-refractivity contribution is 6.31. The number of hydrogen-bond donors (Lipinski definition) is 2. The Kier molecular flexibility index (Phi) is 4.88. The summed E-state index contributed by atoms with van der Waals surface area (Å²) < 4.78 is 5.35. The van der Waals surface area contributed by atoms with Crippen LogP contribution in [0.15, 0.2) is 30.5 Å². The molecule has 0 saturated carbocycles. The lowest BCUT2D eigenvalue weighted by Crippen LogP contribution is -2.36. The number of pyridine rings is 1. The molecular weight excluding hydrogens is 314 g/mol. The Morgan fingerprint density at radius 1 is 1.30 bits per heavy atom. The summed E-state index contributed by atoms with van der Waals surface area (Å²) in [7, 11) is 0. The van der Waals surface area contributed by atoms with Gasteiger partial charge in [-0.1, -0.05) is 18.5 Å². The van der Waals surface area contributed by atoms with E-state index in [0.717, 1.165) is 44.0 Å². The lowest BCUT2D eigenvalue weighted by atomic mass is 10.2. The summed E-state index contributed by atoms with van der Waals surface area (Å²) in [4.78, 5) is 6.45. The first kappa shape index (κ1) is 15.9. The molecule has 23 heavy (non-hydrogen) atoms. The molecule has 1 saturated heterocycles. The number of nitrogens with zero attached hydrogens (tertiary/aromatic N) is 2. The van der Waals surface area contributed by atoms with Crippen molar-refractivity contribution in [2.24, 2.45) is 0 Å². The van der Waals surface area contributed by atoms with E-state index in [1.54, 1.807) is 12.3 Å². The number of halogens is 1. The van der Waals surface area contributed by atoms with Crippen LogP contribution in [0.5, 0.6) is 5.75 Å². The average molecular weight is 334 g/mol. The molecule has 1 aromatic heterocycles. The Bertz CT molecular complexity index is 688. The first-order valence-electron chi connectivity index (χ1n) is 7.74. The van der Waals surface area contributed by atoms with Crippen molar-refractivity contribution in [3.8, 4) is 5.75 Å². The van der Waals surface area contributed by atoms with E-state index in [2.05, 4.69) is 15.2 Å². The number of benzene rings is 1. The van der Waals surface area contributed by atoms with Crippen molar-refractivity contribution < 1.29 is 9.84 Å². The Labute approximate surface area is 140 Å². The van der Waals surface area contributed by atoms with Gasteiger partial charge in [0, 0.05) is 31.0 Å². The topological polar surface area (TPSA) is 57.6 Å². The number of rotatable bonds is 4. The van der Waals surface area contributed by atoms with Gasteiger partial charge in [-0.2, -0.15) is 0 Å². The minimum atomic E-state index is 0.198. The quantitative estimate of drug-likeness (QED) is 0.837. The van der Waals surface area contributed by atoms with Gasteiger partial charge >= 0.3 is 0 Å². The summed E-state index contributed by atoms with van der Waals surface area (Å²) in [5, 5.41) is 14.1. The molecule has 1 aromatic carbocycles. The summed E-state index contributed by atoms with van der Waals surface area (Å²) in [5.41, 5.74) is 2.64. The second kappa shape index (κ2) is 7.06. The number of phenols is 1. The molecule has 1 fully saturated rings. The zero-order valence-electron chi connectivity index (χ0n) is 13.1. The molecule has 0 amide bonds. The molecule has 0 radical (unpaired) electrons. The molecule has 0 atom stereocenters. The number of ether oxygens (including phenoxy) is 1. The fourth-order valence-electron chi connectivity index (χ4n) is 2.60. The number of aromatic nitrogens is 1. The zero-order chi connectivity index (χ0) is 16.2. The molecule has 0 aliphatic carbocycles. The summed E-state index contributed by atoms with van der Waals surface area (Å²) >= 11 is 6.08. The first-order valence-corrected chi connectivity index (χ1v) is 8.12. The Morgan fingerprint density at radius 3 is 2.78 bits per heavy atom. The third-order valence-corrected chi connectivity index (χ3v) is 4.28. The Balaban J connectivity index is 1.78. The zero-order valence-corrected chi connectivity index (χ0v) is 13.8. The van der Waals surface area contributed by atoms with Gasteiger partial charge in [0.1, 0.15) is 11.6 Å². The molecule has 5 nitrogen and oxygen atoms in total. The summed E-state index contributed by atoms with van der Waals surface area (Å²) in [6.45, 7) is 5.15. The van der Waals surface area contributed by atoms with Crippen molar-refractivity contribution >= 4 is 28.8 Å². The van der Waals surface area contributed by atoms with E-state index < -0.39 is 0 Å². The third kappa shape index (κ3) is 3.68. The van der Waals surface area contributed by atoms with Gasteiger partial charge in [0.15, 0.2) is 0 Å². The number of morpholine rings is 1. The molecule has 2 N–H and O–H groups in total. The predicted octanol–water partition coefficient (Wildman–Crippen LogP) is 3.58. The monoisotopic (exact) mass is 333 g/mol. The molecule has 0 unspecified atom stereocenters. The van der Waals surface area contributed by atoms with Gasteiger partial charge in [0.2, 0.25) is 0 Å². The fraction of sp³-hybridized carbons (Fsp3) is 0.353. The van der Waals surface area contributed by atoms with Gasteiger partial charge in [-0.15, -0.1) is 0 Å². The molecular formula is C17H20ClN3O2.